The van der Waals surface area contributed by atoms with Gasteiger partial charge in [0.1, 0.15) is 6.29 Å². The summed E-state index contributed by atoms with van der Waals surface area (Å²) >= 11 is 0. The van der Waals surface area contributed by atoms with Gasteiger partial charge in [-0.05, 0) is 6.92 Å². The molecule has 42 valence electrons. The van der Waals surface area contributed by atoms with E-state index >= 15 is 0 Å². The van der Waals surface area contributed by atoms with Crippen molar-refractivity contribution in [3.63, 3.8) is 0 Å². The maximum Gasteiger partial charge on any atom is 0.292 e. The molecule has 0 atom stereocenters. The van der Waals surface area contributed by atoms with Gasteiger partial charge in [-0.25, -0.2) is 0 Å². The molecule has 0 amide bonds. The van der Waals surface area contributed by atoms with Crippen LogP contribution in [-0.4, -0.2) is 19.9 Å². The largest absolute Gasteiger partial charge is 0.471 e. The van der Waals surface area contributed by atoms with Gasteiger partial charge in [0.25, 0.3) is 6.47 Å². The summed E-state index contributed by atoms with van der Waals surface area (Å²) in [7, 11) is 1.31. The predicted octanol–water partition coefficient (Wildman–Crippen LogP) is -0.00560. The van der Waals surface area contributed by atoms with E-state index in [4.69, 9.17) is 9.59 Å². The number of hydrogen-bond acceptors (Lipinski definition) is 3. The van der Waals surface area contributed by atoms with Gasteiger partial charge in [0.15, 0.2) is 0 Å². The molecule has 0 N–H and O–H groups in total. The number of hydrogen-bond donors (Lipinski definition) is 0. The van der Waals surface area contributed by atoms with Gasteiger partial charge in [0.2, 0.25) is 0 Å². The maximum absolute atomic E-state index is 8.95. The van der Waals surface area contributed by atoms with Crippen molar-refractivity contribution in [2.24, 2.45) is 0 Å². The molecule has 0 heterocycles. The second-order valence-corrected chi connectivity index (χ2v) is 0.568. The van der Waals surface area contributed by atoms with Crippen molar-refractivity contribution in [1.82, 2.24) is 0 Å². The van der Waals surface area contributed by atoms with Gasteiger partial charge < -0.3 is 9.53 Å². The topological polar surface area (TPSA) is 43.4 Å². The van der Waals surface area contributed by atoms with E-state index in [0.717, 1.165) is 6.29 Å². The molecule has 0 saturated heterocycles. The average Bonchev–Trinajstić information content (AvgIpc) is 1.69. The molecule has 0 bridgehead atoms. The number of ether oxygens (including phenoxy) is 1. The van der Waals surface area contributed by atoms with E-state index in [0.29, 0.717) is 6.47 Å². The summed E-state index contributed by atoms with van der Waals surface area (Å²) in [4.78, 5) is 17.8. The highest BCUT2D eigenvalue weighted by Gasteiger charge is 1.44. The highest BCUT2D eigenvalue weighted by molar-refractivity contribution is 5.44. The molecule has 0 aromatic rings. The Morgan fingerprint density at radius 1 is 1.43 bits per heavy atom. The molecule has 0 aromatic heterocycles. The molecule has 0 aliphatic heterocycles. The molecular formula is C4H8O3. The Morgan fingerprint density at radius 3 is 1.57 bits per heavy atom. The summed E-state index contributed by atoms with van der Waals surface area (Å²) < 4.78 is 3.86. The minimum absolute atomic E-state index is 0.375. The van der Waals surface area contributed by atoms with Gasteiger partial charge >= 0.3 is 0 Å². The van der Waals surface area contributed by atoms with Crippen molar-refractivity contribution >= 4 is 12.8 Å². The van der Waals surface area contributed by atoms with Crippen LogP contribution < -0.4 is 0 Å². The van der Waals surface area contributed by atoms with Crippen molar-refractivity contribution < 1.29 is 14.3 Å². The Hall–Kier alpha value is -0.860. The van der Waals surface area contributed by atoms with Gasteiger partial charge in [-0.1, -0.05) is 0 Å². The normalized spacial score (nSPS) is 4.86. The second kappa shape index (κ2) is 19.2. The van der Waals surface area contributed by atoms with E-state index in [1.165, 1.54) is 14.0 Å². The third kappa shape index (κ3) is 2590. The molecule has 0 aromatic carbocycles. The van der Waals surface area contributed by atoms with Gasteiger partial charge in [-0.2, -0.15) is 0 Å². The van der Waals surface area contributed by atoms with Gasteiger partial charge in [-0.3, -0.25) is 4.79 Å². The Balaban J connectivity index is 0. The van der Waals surface area contributed by atoms with Gasteiger partial charge in [0.05, 0.1) is 7.11 Å². The van der Waals surface area contributed by atoms with E-state index in [1.807, 2.05) is 0 Å². The van der Waals surface area contributed by atoms with Crippen LogP contribution in [0, 0.1) is 0 Å². The quantitative estimate of drug-likeness (QED) is 0.439. The summed E-state index contributed by atoms with van der Waals surface area (Å²) in [6.45, 7) is 1.82. The number of rotatable bonds is 1. The fourth-order valence-corrected chi connectivity index (χ4v) is 0. The number of aldehydes is 1. The van der Waals surface area contributed by atoms with E-state index < -0.39 is 0 Å². The van der Waals surface area contributed by atoms with Crippen LogP contribution in [-0.2, 0) is 14.3 Å². The summed E-state index contributed by atoms with van der Waals surface area (Å²) in [5, 5.41) is 0. The molecule has 0 spiro atoms. The molecule has 7 heavy (non-hydrogen) atoms. The highest BCUT2D eigenvalue weighted by Crippen LogP contribution is 1.35. The second-order valence-electron chi connectivity index (χ2n) is 0.568. The van der Waals surface area contributed by atoms with E-state index in [2.05, 4.69) is 4.74 Å². The SMILES string of the molecule is CC=O.COC=O. The van der Waals surface area contributed by atoms with Crippen LogP contribution in [0.1, 0.15) is 6.92 Å². The Bertz CT molecular complexity index is 42.2. The standard InChI is InChI=1S/C2H4O2.C2H4O/c1-4-2-3;1-2-3/h2H,1H3;2H,1H3. The summed E-state index contributed by atoms with van der Waals surface area (Å²) in [6.07, 6.45) is 0.750. The lowest BCUT2D eigenvalue weighted by Crippen LogP contribution is -1.68. The molecule has 0 aliphatic rings. The Labute approximate surface area is 42.3 Å². The van der Waals surface area contributed by atoms with Crippen molar-refractivity contribution in [3.05, 3.63) is 0 Å². The lowest BCUT2D eigenvalue weighted by atomic mass is 11.0. The van der Waals surface area contributed by atoms with Crippen molar-refractivity contribution in [1.29, 1.82) is 0 Å². The highest BCUT2D eigenvalue weighted by atomic mass is 16.5. The molecule has 0 aliphatic carbocycles. The third-order valence-electron chi connectivity index (χ3n) is 0.0962. The number of carbonyl (C=O) groups is 2. The fourth-order valence-electron chi connectivity index (χ4n) is 0. The summed E-state index contributed by atoms with van der Waals surface area (Å²) in [5.74, 6) is 0. The Kier molecular flexibility index (Phi) is 26.0. The van der Waals surface area contributed by atoms with Gasteiger partial charge in [0, 0.05) is 0 Å². The third-order valence-corrected chi connectivity index (χ3v) is 0.0962. The molecule has 0 rings (SSSR count). The molecule has 0 fully saturated rings. The zero-order valence-corrected chi connectivity index (χ0v) is 4.38. The molecule has 0 unspecified atom stereocenters. The monoisotopic (exact) mass is 104 g/mol. The van der Waals surface area contributed by atoms with Gasteiger partial charge in [-0.15, -0.1) is 0 Å². The van der Waals surface area contributed by atoms with Crippen LogP contribution in [0.3, 0.4) is 0 Å². The van der Waals surface area contributed by atoms with E-state index in [1.54, 1.807) is 0 Å². The van der Waals surface area contributed by atoms with Crippen LogP contribution in [0.5, 0.6) is 0 Å². The lowest BCUT2D eigenvalue weighted by molar-refractivity contribution is -0.126. The fraction of sp³-hybridized carbons (Fsp3) is 0.500. The first kappa shape index (κ1) is 9.46. The molecule has 0 radical (unpaired) electrons. The smallest absolute Gasteiger partial charge is 0.292 e. The van der Waals surface area contributed by atoms with Crippen molar-refractivity contribution in [2.75, 3.05) is 7.11 Å². The molecule has 3 heteroatoms. The molecular weight excluding hydrogens is 96.0 g/mol. The maximum atomic E-state index is 8.95. The van der Waals surface area contributed by atoms with E-state index in [-0.39, 0.29) is 0 Å². The molecule has 3 nitrogen and oxygen atoms in total. The van der Waals surface area contributed by atoms with Crippen molar-refractivity contribution in [3.8, 4) is 0 Å². The minimum atomic E-state index is 0.375. The number of carbonyl (C=O) groups excluding carboxylic acids is 2. The van der Waals surface area contributed by atoms with Crippen LogP contribution >= 0.6 is 0 Å². The van der Waals surface area contributed by atoms with Crippen LogP contribution in [0.4, 0.5) is 0 Å². The molecule has 0 saturated carbocycles. The minimum Gasteiger partial charge on any atom is -0.471 e. The zero-order valence-electron chi connectivity index (χ0n) is 4.38. The van der Waals surface area contributed by atoms with Crippen LogP contribution in [0.15, 0.2) is 0 Å². The van der Waals surface area contributed by atoms with Crippen molar-refractivity contribution in [2.45, 2.75) is 6.92 Å². The summed E-state index contributed by atoms with van der Waals surface area (Å²) in [6, 6.07) is 0. The lowest BCUT2D eigenvalue weighted by Gasteiger charge is -1.67. The first-order chi connectivity index (χ1) is 3.33. The van der Waals surface area contributed by atoms with E-state index in [9.17, 15) is 0 Å². The zero-order chi connectivity index (χ0) is 6.12. The number of methoxy groups -OCH3 is 1. The first-order valence-corrected chi connectivity index (χ1v) is 1.69. The predicted molar refractivity (Wildman–Crippen MR) is 24.8 cm³/mol. The van der Waals surface area contributed by atoms with Crippen LogP contribution in [0.25, 0.3) is 0 Å². The first-order valence-electron chi connectivity index (χ1n) is 1.69. The summed E-state index contributed by atoms with van der Waals surface area (Å²) in [5.41, 5.74) is 0. The van der Waals surface area contributed by atoms with Crippen LogP contribution in [0.2, 0.25) is 0 Å². The average molecular weight is 104 g/mol. The Morgan fingerprint density at radius 2 is 1.57 bits per heavy atom.